The van der Waals surface area contributed by atoms with Crippen molar-refractivity contribution in [1.82, 2.24) is 0 Å². The van der Waals surface area contributed by atoms with E-state index in [0.717, 1.165) is 24.8 Å². The summed E-state index contributed by atoms with van der Waals surface area (Å²) in [7, 11) is 1.32. The SMILES string of the molecule is C=C1CCCC(C)(C)[C@@H]2CC[C@@](C)(C3=COC[C@@H]3[C@H](OC(C)=O)C(=O)OC)[C@H]12. The topological polar surface area (TPSA) is 61.8 Å². The van der Waals surface area contributed by atoms with Gasteiger partial charge in [-0.2, -0.15) is 0 Å². The van der Waals surface area contributed by atoms with E-state index in [1.807, 2.05) is 0 Å². The zero-order valence-electron chi connectivity index (χ0n) is 17.9. The molecular formula is C23H34O5. The molecule has 156 valence electrons. The maximum atomic E-state index is 12.4. The van der Waals surface area contributed by atoms with Crippen LogP contribution in [0.3, 0.4) is 0 Å². The second-order valence-corrected chi connectivity index (χ2v) is 9.61. The predicted molar refractivity (Wildman–Crippen MR) is 106 cm³/mol. The molecule has 2 aliphatic carbocycles. The first kappa shape index (κ1) is 20.9. The van der Waals surface area contributed by atoms with Gasteiger partial charge in [0.15, 0.2) is 0 Å². The molecule has 2 fully saturated rings. The van der Waals surface area contributed by atoms with Crippen molar-refractivity contribution in [2.24, 2.45) is 28.6 Å². The van der Waals surface area contributed by atoms with Crippen LogP contribution in [0.2, 0.25) is 0 Å². The summed E-state index contributed by atoms with van der Waals surface area (Å²) >= 11 is 0. The van der Waals surface area contributed by atoms with Crippen LogP contribution in [0.5, 0.6) is 0 Å². The Bertz CT molecular complexity index is 691. The number of fused-ring (bicyclic) bond motifs is 1. The maximum Gasteiger partial charge on any atom is 0.347 e. The van der Waals surface area contributed by atoms with Crippen molar-refractivity contribution in [3.05, 3.63) is 24.0 Å². The molecule has 0 N–H and O–H groups in total. The normalized spacial score (nSPS) is 35.2. The molecule has 0 amide bonds. The van der Waals surface area contributed by atoms with Crippen molar-refractivity contribution in [1.29, 1.82) is 0 Å². The second-order valence-electron chi connectivity index (χ2n) is 9.61. The third-order valence-corrected chi connectivity index (χ3v) is 7.46. The van der Waals surface area contributed by atoms with Gasteiger partial charge in [0.1, 0.15) is 0 Å². The number of hydrogen-bond acceptors (Lipinski definition) is 5. The molecule has 5 atom stereocenters. The van der Waals surface area contributed by atoms with Crippen LogP contribution >= 0.6 is 0 Å². The Morgan fingerprint density at radius 3 is 2.64 bits per heavy atom. The summed E-state index contributed by atoms with van der Waals surface area (Å²) in [4.78, 5) is 24.0. The van der Waals surface area contributed by atoms with Gasteiger partial charge in [0.2, 0.25) is 6.10 Å². The molecule has 1 aliphatic heterocycles. The number of carbonyl (C=O) groups is 2. The summed E-state index contributed by atoms with van der Waals surface area (Å²) in [6.07, 6.45) is 6.41. The Morgan fingerprint density at radius 2 is 2.00 bits per heavy atom. The summed E-state index contributed by atoms with van der Waals surface area (Å²) in [5, 5.41) is 0. The Kier molecular flexibility index (Phi) is 5.66. The van der Waals surface area contributed by atoms with Crippen LogP contribution in [0.25, 0.3) is 0 Å². The molecule has 0 aromatic heterocycles. The lowest BCUT2D eigenvalue weighted by Gasteiger charge is -2.42. The number of hydrogen-bond donors (Lipinski definition) is 0. The lowest BCUT2D eigenvalue weighted by Crippen LogP contribution is -2.42. The van der Waals surface area contributed by atoms with Gasteiger partial charge >= 0.3 is 11.9 Å². The van der Waals surface area contributed by atoms with E-state index in [9.17, 15) is 9.59 Å². The average Bonchev–Trinajstić information content (AvgIpc) is 3.21. The summed E-state index contributed by atoms with van der Waals surface area (Å²) in [6.45, 7) is 13.1. The fraction of sp³-hybridized carbons (Fsp3) is 0.739. The van der Waals surface area contributed by atoms with E-state index < -0.39 is 18.0 Å². The summed E-state index contributed by atoms with van der Waals surface area (Å²) in [6, 6.07) is 0. The summed E-state index contributed by atoms with van der Waals surface area (Å²) in [5.41, 5.74) is 2.48. The van der Waals surface area contributed by atoms with Crippen molar-refractivity contribution in [3.63, 3.8) is 0 Å². The highest BCUT2D eigenvalue weighted by molar-refractivity contribution is 5.79. The molecule has 2 saturated carbocycles. The molecule has 0 bridgehead atoms. The molecule has 0 radical (unpaired) electrons. The molecule has 0 saturated heterocycles. The Labute approximate surface area is 168 Å². The van der Waals surface area contributed by atoms with Crippen molar-refractivity contribution < 1.29 is 23.8 Å². The molecule has 1 heterocycles. The zero-order valence-corrected chi connectivity index (χ0v) is 17.9. The molecule has 5 heteroatoms. The smallest absolute Gasteiger partial charge is 0.347 e. The molecule has 3 rings (SSSR count). The quantitative estimate of drug-likeness (QED) is 0.525. The van der Waals surface area contributed by atoms with Crippen LogP contribution in [0, 0.1) is 28.6 Å². The molecule has 0 spiro atoms. The minimum atomic E-state index is -0.973. The minimum absolute atomic E-state index is 0.156. The van der Waals surface area contributed by atoms with Crippen molar-refractivity contribution in [2.75, 3.05) is 13.7 Å². The Hall–Kier alpha value is -1.78. The van der Waals surface area contributed by atoms with E-state index in [4.69, 9.17) is 14.2 Å². The molecule has 3 aliphatic rings. The highest BCUT2D eigenvalue weighted by Crippen LogP contribution is 2.63. The number of ether oxygens (including phenoxy) is 3. The highest BCUT2D eigenvalue weighted by Gasteiger charge is 2.57. The van der Waals surface area contributed by atoms with Crippen LogP contribution < -0.4 is 0 Å². The lowest BCUT2D eigenvalue weighted by atomic mass is 9.62. The van der Waals surface area contributed by atoms with E-state index in [2.05, 4.69) is 27.4 Å². The number of rotatable bonds is 4. The molecule has 0 unspecified atom stereocenters. The first-order valence-electron chi connectivity index (χ1n) is 10.4. The van der Waals surface area contributed by atoms with Gasteiger partial charge < -0.3 is 14.2 Å². The van der Waals surface area contributed by atoms with E-state index in [1.165, 1.54) is 32.4 Å². The van der Waals surface area contributed by atoms with Crippen LogP contribution in [0.1, 0.15) is 59.8 Å². The van der Waals surface area contributed by atoms with Gasteiger partial charge in [-0.15, -0.1) is 0 Å². The van der Waals surface area contributed by atoms with Crippen LogP contribution in [0.15, 0.2) is 24.0 Å². The third kappa shape index (κ3) is 3.48. The number of methoxy groups -OCH3 is 1. The van der Waals surface area contributed by atoms with E-state index in [0.29, 0.717) is 18.4 Å². The maximum absolute atomic E-state index is 12.4. The predicted octanol–water partition coefficient (Wildman–Crippen LogP) is 4.42. The van der Waals surface area contributed by atoms with Gasteiger partial charge in [-0.05, 0) is 60.3 Å². The van der Waals surface area contributed by atoms with E-state index in [-0.39, 0.29) is 16.7 Å². The summed E-state index contributed by atoms with van der Waals surface area (Å²) in [5.74, 6) is -0.443. The van der Waals surface area contributed by atoms with E-state index >= 15 is 0 Å². The fourth-order valence-electron chi connectivity index (χ4n) is 6.05. The molecule has 5 nitrogen and oxygen atoms in total. The van der Waals surface area contributed by atoms with Gasteiger partial charge in [0, 0.05) is 6.92 Å². The summed E-state index contributed by atoms with van der Waals surface area (Å²) < 4.78 is 16.0. The Morgan fingerprint density at radius 1 is 1.29 bits per heavy atom. The van der Waals surface area contributed by atoms with Crippen molar-refractivity contribution >= 4 is 11.9 Å². The average molecular weight is 391 g/mol. The second kappa shape index (κ2) is 7.57. The van der Waals surface area contributed by atoms with Gasteiger partial charge in [-0.25, -0.2) is 4.79 Å². The monoisotopic (exact) mass is 390 g/mol. The fourth-order valence-corrected chi connectivity index (χ4v) is 6.05. The number of allylic oxidation sites excluding steroid dienone is 1. The number of esters is 2. The molecular weight excluding hydrogens is 356 g/mol. The largest absolute Gasteiger partial charge is 0.500 e. The molecule has 28 heavy (non-hydrogen) atoms. The van der Waals surface area contributed by atoms with Crippen LogP contribution in [-0.2, 0) is 23.8 Å². The van der Waals surface area contributed by atoms with Gasteiger partial charge in [-0.1, -0.05) is 32.9 Å². The zero-order chi connectivity index (χ0) is 20.7. The minimum Gasteiger partial charge on any atom is -0.500 e. The first-order chi connectivity index (χ1) is 13.1. The van der Waals surface area contributed by atoms with Gasteiger partial charge in [-0.3, -0.25) is 4.79 Å². The van der Waals surface area contributed by atoms with E-state index in [1.54, 1.807) is 6.26 Å². The lowest BCUT2D eigenvalue weighted by molar-refractivity contribution is -0.168. The molecule has 0 aromatic rings. The number of carbonyl (C=O) groups excluding carboxylic acids is 2. The standard InChI is InChI=1S/C23H34O5/c1-14-8-7-10-22(3,4)17-9-11-23(5,19(14)17)18-13-27-12-16(18)20(21(25)26-6)28-15(2)24/h13,16-17,19-20H,1,7-12H2,2-6H3/t16-,17+,19+,20-,23-/m0/s1. The van der Waals surface area contributed by atoms with Crippen molar-refractivity contribution in [2.45, 2.75) is 65.9 Å². The highest BCUT2D eigenvalue weighted by atomic mass is 16.6. The third-order valence-electron chi connectivity index (χ3n) is 7.46. The van der Waals surface area contributed by atoms with Crippen LogP contribution in [-0.4, -0.2) is 31.8 Å². The Balaban J connectivity index is 1.97. The van der Waals surface area contributed by atoms with Gasteiger partial charge in [0.05, 0.1) is 25.9 Å². The van der Waals surface area contributed by atoms with Gasteiger partial charge in [0.25, 0.3) is 0 Å². The molecule has 0 aromatic carbocycles. The first-order valence-corrected chi connectivity index (χ1v) is 10.4. The van der Waals surface area contributed by atoms with Crippen molar-refractivity contribution in [3.8, 4) is 0 Å². The van der Waals surface area contributed by atoms with Crippen LogP contribution in [0.4, 0.5) is 0 Å².